The van der Waals surface area contributed by atoms with E-state index in [1.165, 1.54) is 103 Å². The van der Waals surface area contributed by atoms with Crippen molar-refractivity contribution >= 4 is 5.97 Å². The first-order valence-electron chi connectivity index (χ1n) is 10.9. The second-order valence-electron chi connectivity index (χ2n) is 8.24. The number of aliphatic hydroxyl groups excluding tert-OH is 1. The van der Waals surface area contributed by atoms with Crippen molar-refractivity contribution in [2.45, 2.75) is 129 Å². The minimum Gasteiger partial charge on any atom is -0.480 e. The first-order chi connectivity index (χ1) is 12.3. The van der Waals surface area contributed by atoms with Crippen LogP contribution >= 0.6 is 0 Å². The largest absolute Gasteiger partial charge is 0.480 e. The normalized spacial score (nSPS) is 11.1. The van der Waals surface area contributed by atoms with Crippen molar-refractivity contribution in [2.24, 2.45) is 5.73 Å². The Hall–Kier alpha value is -0.610. The van der Waals surface area contributed by atoms with Crippen LogP contribution < -0.4 is 5.73 Å². The molecule has 0 atom stereocenters. The fourth-order valence-electron chi connectivity index (χ4n) is 2.95. The summed E-state index contributed by atoms with van der Waals surface area (Å²) >= 11 is 0. The van der Waals surface area contributed by atoms with Crippen molar-refractivity contribution in [1.82, 2.24) is 0 Å². The number of aliphatic hydroxyl groups is 1. The fourth-order valence-corrected chi connectivity index (χ4v) is 2.95. The number of hydrogen-bond acceptors (Lipinski definition) is 3. The third kappa shape index (κ3) is 31.2. The molecule has 0 bridgehead atoms. The summed E-state index contributed by atoms with van der Waals surface area (Å²) in [5.74, 6) is -1.19. The van der Waals surface area contributed by atoms with Gasteiger partial charge in [-0.2, -0.15) is 0 Å². The van der Waals surface area contributed by atoms with E-state index in [-0.39, 0.29) is 5.54 Å². The van der Waals surface area contributed by atoms with Gasteiger partial charge in [-0.3, -0.25) is 0 Å². The SMILES string of the molecule is CCCCCCCCCCCCCCCCCC(C)(C)N.O=C(O)CO. The zero-order valence-electron chi connectivity index (χ0n) is 17.9. The van der Waals surface area contributed by atoms with Crippen LogP contribution in [0.1, 0.15) is 124 Å². The predicted molar refractivity (Wildman–Crippen MR) is 113 cm³/mol. The summed E-state index contributed by atoms with van der Waals surface area (Å²) in [6.07, 6.45) is 22.7. The van der Waals surface area contributed by atoms with Crippen LogP contribution in [0.15, 0.2) is 0 Å². The lowest BCUT2D eigenvalue weighted by Gasteiger charge is -2.17. The molecule has 4 N–H and O–H groups in total. The highest BCUT2D eigenvalue weighted by Crippen LogP contribution is 2.15. The molecule has 0 rings (SSSR count). The Labute approximate surface area is 162 Å². The maximum atomic E-state index is 9.12. The molecule has 4 heteroatoms. The summed E-state index contributed by atoms with van der Waals surface area (Å²) in [5.41, 5.74) is 6.03. The van der Waals surface area contributed by atoms with Gasteiger partial charge in [-0.1, -0.05) is 103 Å². The number of carboxylic acid groups (broad SMARTS) is 1. The average molecular weight is 374 g/mol. The van der Waals surface area contributed by atoms with Crippen LogP contribution in [0.5, 0.6) is 0 Å². The monoisotopic (exact) mass is 373 g/mol. The topological polar surface area (TPSA) is 83.6 Å². The van der Waals surface area contributed by atoms with Crippen LogP contribution in [-0.2, 0) is 4.79 Å². The van der Waals surface area contributed by atoms with Crippen molar-refractivity contribution < 1.29 is 15.0 Å². The summed E-state index contributed by atoms with van der Waals surface area (Å²) in [6.45, 7) is 5.78. The molecular weight excluding hydrogens is 326 g/mol. The molecule has 0 aromatic heterocycles. The molecule has 0 aromatic carbocycles. The lowest BCUT2D eigenvalue weighted by atomic mass is 9.97. The minimum atomic E-state index is -1.19. The summed E-state index contributed by atoms with van der Waals surface area (Å²) in [6, 6.07) is 0. The molecule has 0 unspecified atom stereocenters. The molecule has 0 fully saturated rings. The van der Waals surface area contributed by atoms with Gasteiger partial charge < -0.3 is 15.9 Å². The Kier molecular flexibility index (Phi) is 22.0. The molecule has 0 aliphatic rings. The van der Waals surface area contributed by atoms with Gasteiger partial charge in [0, 0.05) is 5.54 Å². The number of hydrogen-bond donors (Lipinski definition) is 3. The Morgan fingerprint density at radius 3 is 1.23 bits per heavy atom. The van der Waals surface area contributed by atoms with Gasteiger partial charge in [0.05, 0.1) is 0 Å². The highest BCUT2D eigenvalue weighted by Gasteiger charge is 2.08. The summed E-state index contributed by atoms with van der Waals surface area (Å²) < 4.78 is 0. The third-order valence-electron chi connectivity index (χ3n) is 4.56. The lowest BCUT2D eigenvalue weighted by Crippen LogP contribution is -2.31. The van der Waals surface area contributed by atoms with Crippen molar-refractivity contribution in [1.29, 1.82) is 0 Å². The molecule has 0 amide bonds. The fraction of sp³-hybridized carbons (Fsp3) is 0.955. The molecule has 0 heterocycles. The molecule has 4 nitrogen and oxygen atoms in total. The van der Waals surface area contributed by atoms with Crippen LogP contribution in [0, 0.1) is 0 Å². The van der Waals surface area contributed by atoms with Crippen LogP contribution in [-0.4, -0.2) is 28.3 Å². The van der Waals surface area contributed by atoms with Crippen molar-refractivity contribution in [2.75, 3.05) is 6.61 Å². The number of rotatable bonds is 17. The van der Waals surface area contributed by atoms with Gasteiger partial charge in [0.15, 0.2) is 0 Å². The van der Waals surface area contributed by atoms with Gasteiger partial charge in [-0.05, 0) is 20.3 Å². The number of carboxylic acids is 1. The van der Waals surface area contributed by atoms with Crippen LogP contribution in [0.25, 0.3) is 0 Å². The van der Waals surface area contributed by atoms with Crippen LogP contribution in [0.2, 0.25) is 0 Å². The first-order valence-corrected chi connectivity index (χ1v) is 10.9. The molecule has 0 aliphatic heterocycles. The second-order valence-corrected chi connectivity index (χ2v) is 8.24. The molecule has 0 aromatic rings. The van der Waals surface area contributed by atoms with Crippen molar-refractivity contribution in [3.8, 4) is 0 Å². The Bertz CT molecular complexity index is 288. The third-order valence-corrected chi connectivity index (χ3v) is 4.56. The van der Waals surface area contributed by atoms with Gasteiger partial charge >= 0.3 is 5.97 Å². The Morgan fingerprint density at radius 2 is 1.00 bits per heavy atom. The summed E-state index contributed by atoms with van der Waals surface area (Å²) in [5, 5.41) is 15.0. The van der Waals surface area contributed by atoms with E-state index >= 15 is 0 Å². The molecule has 0 spiro atoms. The van der Waals surface area contributed by atoms with E-state index in [2.05, 4.69) is 20.8 Å². The Balaban J connectivity index is 0. The standard InChI is InChI=1S/C20H43N.C2H4O3/c1-4-5-6-7-8-9-10-11-12-13-14-15-16-17-18-19-20(2,3)21;3-1-2(4)5/h4-19,21H2,1-3H3;3H,1H2,(H,4,5). The van der Waals surface area contributed by atoms with E-state index in [1.807, 2.05) is 0 Å². The number of aliphatic carboxylic acids is 1. The van der Waals surface area contributed by atoms with Crippen LogP contribution in [0.4, 0.5) is 0 Å². The van der Waals surface area contributed by atoms with Gasteiger partial charge in [-0.15, -0.1) is 0 Å². The van der Waals surface area contributed by atoms with Crippen molar-refractivity contribution in [3.63, 3.8) is 0 Å². The van der Waals surface area contributed by atoms with E-state index in [1.54, 1.807) is 0 Å². The van der Waals surface area contributed by atoms with Gasteiger partial charge in [-0.25, -0.2) is 4.79 Å². The highest BCUT2D eigenvalue weighted by molar-refractivity contribution is 5.67. The molecule has 0 saturated carbocycles. The van der Waals surface area contributed by atoms with E-state index in [0.717, 1.165) is 0 Å². The van der Waals surface area contributed by atoms with E-state index in [9.17, 15) is 0 Å². The first kappa shape index (κ1) is 27.6. The maximum absolute atomic E-state index is 9.12. The average Bonchev–Trinajstić information content (AvgIpc) is 2.58. The zero-order valence-corrected chi connectivity index (χ0v) is 17.9. The van der Waals surface area contributed by atoms with E-state index < -0.39 is 12.6 Å². The molecular formula is C22H47NO3. The van der Waals surface area contributed by atoms with Crippen LogP contribution in [0.3, 0.4) is 0 Å². The molecule has 0 aliphatic carbocycles. The maximum Gasteiger partial charge on any atom is 0.329 e. The second kappa shape index (κ2) is 20.7. The molecule has 26 heavy (non-hydrogen) atoms. The summed E-state index contributed by atoms with van der Waals surface area (Å²) in [4.78, 5) is 9.12. The van der Waals surface area contributed by atoms with Gasteiger partial charge in [0.25, 0.3) is 0 Å². The minimum absolute atomic E-state index is 0.0382. The van der Waals surface area contributed by atoms with Gasteiger partial charge in [0.1, 0.15) is 6.61 Å². The van der Waals surface area contributed by atoms with E-state index in [0.29, 0.717) is 0 Å². The summed E-state index contributed by atoms with van der Waals surface area (Å²) in [7, 11) is 0. The molecule has 158 valence electrons. The predicted octanol–water partition coefficient (Wildman–Crippen LogP) is 6.05. The number of carbonyl (C=O) groups is 1. The van der Waals surface area contributed by atoms with Gasteiger partial charge in [0.2, 0.25) is 0 Å². The Morgan fingerprint density at radius 1 is 0.731 bits per heavy atom. The smallest absolute Gasteiger partial charge is 0.329 e. The quantitative estimate of drug-likeness (QED) is 0.271. The highest BCUT2D eigenvalue weighted by atomic mass is 16.4. The number of nitrogens with two attached hydrogens (primary N) is 1. The number of unbranched alkanes of at least 4 members (excludes halogenated alkanes) is 14. The lowest BCUT2D eigenvalue weighted by molar-refractivity contribution is -0.140. The van der Waals surface area contributed by atoms with Crippen molar-refractivity contribution in [3.05, 3.63) is 0 Å². The van der Waals surface area contributed by atoms with E-state index in [4.69, 9.17) is 20.7 Å². The molecule has 0 saturated heterocycles. The molecule has 0 radical (unpaired) electrons. The zero-order chi connectivity index (χ0) is 20.1.